The molecule has 0 saturated carbocycles. The summed E-state index contributed by atoms with van der Waals surface area (Å²) >= 11 is 0. The zero-order valence-electron chi connectivity index (χ0n) is 11.0. The van der Waals surface area contributed by atoms with Crippen molar-refractivity contribution in [3.05, 3.63) is 34.9 Å². The van der Waals surface area contributed by atoms with E-state index in [9.17, 15) is 4.79 Å². The Morgan fingerprint density at radius 2 is 1.94 bits per heavy atom. The lowest BCUT2D eigenvalue weighted by Crippen LogP contribution is -2.08. The molecule has 0 aliphatic carbocycles. The molecular formula is C15H22O2. The summed E-state index contributed by atoms with van der Waals surface area (Å²) in [5, 5.41) is 8.97. The Kier molecular flexibility index (Phi) is 5.20. The van der Waals surface area contributed by atoms with Gasteiger partial charge >= 0.3 is 5.97 Å². The summed E-state index contributed by atoms with van der Waals surface area (Å²) in [7, 11) is 0. The van der Waals surface area contributed by atoms with E-state index in [0.717, 1.165) is 19.3 Å². The third-order valence-electron chi connectivity index (χ3n) is 3.35. The lowest BCUT2D eigenvalue weighted by molar-refractivity contribution is -0.137. The van der Waals surface area contributed by atoms with Crippen LogP contribution in [0.2, 0.25) is 0 Å². The van der Waals surface area contributed by atoms with Crippen molar-refractivity contribution in [2.75, 3.05) is 0 Å². The lowest BCUT2D eigenvalue weighted by Gasteiger charge is -2.18. The second-order valence-corrected chi connectivity index (χ2v) is 4.44. The highest BCUT2D eigenvalue weighted by molar-refractivity contribution is 5.68. The molecule has 0 amide bonds. The van der Waals surface area contributed by atoms with Gasteiger partial charge in [0.05, 0.1) is 6.42 Å². The fourth-order valence-electron chi connectivity index (χ4n) is 2.25. The average molecular weight is 234 g/mol. The predicted octanol–water partition coefficient (Wildman–Crippen LogP) is 3.78. The van der Waals surface area contributed by atoms with E-state index in [4.69, 9.17) is 5.11 Å². The number of hydrogen-bond donors (Lipinski definition) is 1. The molecule has 2 heteroatoms. The molecule has 0 saturated heterocycles. The van der Waals surface area contributed by atoms with Crippen molar-refractivity contribution < 1.29 is 9.90 Å². The maximum absolute atomic E-state index is 10.9. The van der Waals surface area contributed by atoms with Crippen LogP contribution in [-0.2, 0) is 17.6 Å². The average Bonchev–Trinajstić information content (AvgIpc) is 2.34. The summed E-state index contributed by atoms with van der Waals surface area (Å²) in [5.74, 6) is -0.560. The van der Waals surface area contributed by atoms with Gasteiger partial charge in [0, 0.05) is 0 Å². The van der Waals surface area contributed by atoms with Gasteiger partial charge in [-0.1, -0.05) is 39.0 Å². The van der Waals surface area contributed by atoms with Crippen LogP contribution in [0.15, 0.2) is 18.2 Å². The molecule has 0 bridgehead atoms. The second kappa shape index (κ2) is 6.43. The van der Waals surface area contributed by atoms with E-state index >= 15 is 0 Å². The molecule has 1 aromatic rings. The Hall–Kier alpha value is -1.31. The molecule has 0 aliphatic heterocycles. The molecule has 0 aromatic heterocycles. The first-order chi connectivity index (χ1) is 8.12. The summed E-state index contributed by atoms with van der Waals surface area (Å²) in [6.07, 6.45) is 3.08. The van der Waals surface area contributed by atoms with Crippen LogP contribution in [-0.4, -0.2) is 11.1 Å². The van der Waals surface area contributed by atoms with E-state index in [1.165, 1.54) is 16.7 Å². The molecule has 1 N–H and O–H groups in total. The van der Waals surface area contributed by atoms with Gasteiger partial charge in [-0.25, -0.2) is 0 Å². The van der Waals surface area contributed by atoms with Crippen molar-refractivity contribution in [3.63, 3.8) is 0 Å². The van der Waals surface area contributed by atoms with Crippen molar-refractivity contribution in [1.29, 1.82) is 0 Å². The first kappa shape index (κ1) is 13.8. The summed E-state index contributed by atoms with van der Waals surface area (Å²) in [6, 6.07) is 6.49. The molecule has 0 heterocycles. The monoisotopic (exact) mass is 234 g/mol. The summed E-state index contributed by atoms with van der Waals surface area (Å²) in [6.45, 7) is 6.31. The highest BCUT2D eigenvalue weighted by Crippen LogP contribution is 2.28. The Bertz CT molecular complexity index is 383. The number of carboxylic acids is 1. The summed E-state index contributed by atoms with van der Waals surface area (Å²) < 4.78 is 0. The molecule has 0 radical (unpaired) electrons. The summed E-state index contributed by atoms with van der Waals surface area (Å²) in [5.41, 5.74) is 3.81. The number of benzene rings is 1. The highest BCUT2D eigenvalue weighted by Gasteiger charge is 2.16. The van der Waals surface area contributed by atoms with E-state index in [2.05, 4.69) is 39.0 Å². The van der Waals surface area contributed by atoms with Crippen LogP contribution >= 0.6 is 0 Å². The van der Waals surface area contributed by atoms with E-state index in [-0.39, 0.29) is 12.3 Å². The number of aryl methyl sites for hydroxylation is 2. The lowest BCUT2D eigenvalue weighted by atomic mass is 9.87. The largest absolute Gasteiger partial charge is 0.481 e. The first-order valence-electron chi connectivity index (χ1n) is 6.45. The van der Waals surface area contributed by atoms with E-state index in [1.807, 2.05) is 0 Å². The van der Waals surface area contributed by atoms with E-state index in [0.29, 0.717) is 0 Å². The number of carboxylic acid groups (broad SMARTS) is 1. The van der Waals surface area contributed by atoms with Crippen LogP contribution < -0.4 is 0 Å². The quantitative estimate of drug-likeness (QED) is 0.813. The molecule has 0 aliphatic rings. The van der Waals surface area contributed by atoms with Gasteiger partial charge in [0.2, 0.25) is 0 Å². The first-order valence-corrected chi connectivity index (χ1v) is 6.45. The van der Waals surface area contributed by atoms with Gasteiger partial charge in [-0.15, -0.1) is 0 Å². The number of rotatable bonds is 6. The minimum Gasteiger partial charge on any atom is -0.481 e. The minimum absolute atomic E-state index is 0.147. The van der Waals surface area contributed by atoms with Crippen LogP contribution in [0.5, 0.6) is 0 Å². The fourth-order valence-corrected chi connectivity index (χ4v) is 2.25. The van der Waals surface area contributed by atoms with Gasteiger partial charge in [-0.05, 0) is 41.9 Å². The third-order valence-corrected chi connectivity index (χ3v) is 3.35. The van der Waals surface area contributed by atoms with Crippen molar-refractivity contribution in [1.82, 2.24) is 0 Å². The molecule has 0 spiro atoms. The van der Waals surface area contributed by atoms with E-state index < -0.39 is 5.97 Å². The molecule has 2 nitrogen and oxygen atoms in total. The number of hydrogen-bond acceptors (Lipinski definition) is 1. The molecule has 0 fully saturated rings. The zero-order chi connectivity index (χ0) is 12.8. The summed E-state index contributed by atoms with van der Waals surface area (Å²) in [4.78, 5) is 10.9. The van der Waals surface area contributed by atoms with Gasteiger partial charge < -0.3 is 5.11 Å². The Morgan fingerprint density at radius 3 is 2.41 bits per heavy atom. The molecule has 1 aromatic carbocycles. The number of carbonyl (C=O) groups is 1. The number of aliphatic carboxylic acids is 1. The van der Waals surface area contributed by atoms with E-state index in [1.54, 1.807) is 0 Å². The smallest absolute Gasteiger partial charge is 0.303 e. The minimum atomic E-state index is -0.708. The zero-order valence-corrected chi connectivity index (χ0v) is 11.0. The van der Waals surface area contributed by atoms with Crippen LogP contribution in [0.4, 0.5) is 0 Å². The van der Waals surface area contributed by atoms with Crippen molar-refractivity contribution >= 4 is 5.97 Å². The van der Waals surface area contributed by atoms with Crippen molar-refractivity contribution in [2.24, 2.45) is 0 Å². The van der Waals surface area contributed by atoms with Gasteiger partial charge in [0.1, 0.15) is 0 Å². The maximum Gasteiger partial charge on any atom is 0.303 e. The van der Waals surface area contributed by atoms with Crippen LogP contribution in [0, 0.1) is 0 Å². The molecule has 94 valence electrons. The molecule has 17 heavy (non-hydrogen) atoms. The SMILES string of the molecule is CCc1ccc(CC)c(C(CC)CC(=O)O)c1. The van der Waals surface area contributed by atoms with Crippen LogP contribution in [0.25, 0.3) is 0 Å². The molecule has 1 rings (SSSR count). The highest BCUT2D eigenvalue weighted by atomic mass is 16.4. The molecule has 1 unspecified atom stereocenters. The van der Waals surface area contributed by atoms with Crippen molar-refractivity contribution in [3.8, 4) is 0 Å². The standard InChI is InChI=1S/C15H22O2/c1-4-11-7-8-12(5-2)14(9-11)13(6-3)10-15(16)17/h7-9,13H,4-6,10H2,1-3H3,(H,16,17). The maximum atomic E-state index is 10.9. The Morgan fingerprint density at radius 1 is 1.24 bits per heavy atom. The van der Waals surface area contributed by atoms with Gasteiger partial charge in [-0.3, -0.25) is 4.79 Å². The molecule has 1 atom stereocenters. The second-order valence-electron chi connectivity index (χ2n) is 4.44. The normalized spacial score (nSPS) is 12.4. The third kappa shape index (κ3) is 3.58. The van der Waals surface area contributed by atoms with Gasteiger partial charge in [0.15, 0.2) is 0 Å². The van der Waals surface area contributed by atoms with Crippen LogP contribution in [0.1, 0.15) is 56.2 Å². The Labute approximate surface area is 104 Å². The van der Waals surface area contributed by atoms with Crippen LogP contribution in [0.3, 0.4) is 0 Å². The van der Waals surface area contributed by atoms with Gasteiger partial charge in [0.25, 0.3) is 0 Å². The van der Waals surface area contributed by atoms with Crippen molar-refractivity contribution in [2.45, 2.75) is 52.4 Å². The fraction of sp³-hybridized carbons (Fsp3) is 0.533. The van der Waals surface area contributed by atoms with Gasteiger partial charge in [-0.2, -0.15) is 0 Å². The predicted molar refractivity (Wildman–Crippen MR) is 70.5 cm³/mol. The Balaban J connectivity index is 3.09. The molecular weight excluding hydrogens is 212 g/mol. The topological polar surface area (TPSA) is 37.3 Å².